The Morgan fingerprint density at radius 2 is 1.56 bits per heavy atom. The van der Waals surface area contributed by atoms with Gasteiger partial charge in [0.05, 0.1) is 25.9 Å². The number of carbonyl (C=O) groups excluding carboxylic acids is 4. The maximum atomic E-state index is 12.6. The Bertz CT molecular complexity index is 1020. The van der Waals surface area contributed by atoms with Gasteiger partial charge in [0.1, 0.15) is 22.6 Å². The summed E-state index contributed by atoms with van der Waals surface area (Å²) in [4.78, 5) is 49.8. The standard InChI is InChI=1S/C23H27NO8/c1-6-30-22(27)19-14(4)32-21(20(19)23(28)31-7-2)24-18(26)11-9-16(25)15-12-13(3)8-10-17(15)29-5/h8,10,12H,6-7,9,11H2,1-5H3,(H,24,26). The van der Waals surface area contributed by atoms with Crippen molar-refractivity contribution in [2.24, 2.45) is 0 Å². The van der Waals surface area contributed by atoms with E-state index in [0.717, 1.165) is 5.56 Å². The van der Waals surface area contributed by atoms with Crippen molar-refractivity contribution in [1.82, 2.24) is 0 Å². The molecule has 0 fully saturated rings. The maximum absolute atomic E-state index is 12.6. The maximum Gasteiger partial charge on any atom is 0.344 e. The number of aryl methyl sites for hydroxylation is 2. The van der Waals surface area contributed by atoms with Gasteiger partial charge in [0.15, 0.2) is 5.78 Å². The Kier molecular flexibility index (Phi) is 8.57. The van der Waals surface area contributed by atoms with E-state index in [4.69, 9.17) is 18.6 Å². The van der Waals surface area contributed by atoms with Crippen molar-refractivity contribution in [2.75, 3.05) is 25.6 Å². The smallest absolute Gasteiger partial charge is 0.344 e. The van der Waals surface area contributed by atoms with Gasteiger partial charge in [-0.2, -0.15) is 0 Å². The highest BCUT2D eigenvalue weighted by molar-refractivity contribution is 6.09. The van der Waals surface area contributed by atoms with Crippen LogP contribution in [0.4, 0.5) is 5.88 Å². The number of Topliss-reactive ketones (excluding diaryl/α,β-unsaturated/α-hetero) is 1. The minimum atomic E-state index is -0.830. The van der Waals surface area contributed by atoms with Crippen LogP contribution in [0.2, 0.25) is 0 Å². The molecule has 0 atom stereocenters. The van der Waals surface area contributed by atoms with E-state index < -0.39 is 17.8 Å². The molecule has 0 aliphatic heterocycles. The second-order valence-electron chi connectivity index (χ2n) is 6.85. The lowest BCUT2D eigenvalue weighted by atomic mass is 10.0. The first kappa shape index (κ1) is 24.6. The Morgan fingerprint density at radius 1 is 0.938 bits per heavy atom. The number of ether oxygens (including phenoxy) is 3. The molecule has 0 saturated carbocycles. The van der Waals surface area contributed by atoms with Crippen LogP contribution in [0.5, 0.6) is 5.75 Å². The van der Waals surface area contributed by atoms with Gasteiger partial charge in [-0.05, 0) is 39.8 Å². The van der Waals surface area contributed by atoms with Gasteiger partial charge in [-0.1, -0.05) is 11.6 Å². The molecule has 32 heavy (non-hydrogen) atoms. The van der Waals surface area contributed by atoms with Crippen molar-refractivity contribution in [3.05, 3.63) is 46.2 Å². The molecule has 2 rings (SSSR count). The topological polar surface area (TPSA) is 121 Å². The molecular formula is C23H27NO8. The van der Waals surface area contributed by atoms with Gasteiger partial charge in [0, 0.05) is 12.8 Å². The van der Waals surface area contributed by atoms with E-state index in [0.29, 0.717) is 11.3 Å². The number of carbonyl (C=O) groups is 4. The van der Waals surface area contributed by atoms with Gasteiger partial charge < -0.3 is 18.6 Å². The third-order valence-electron chi connectivity index (χ3n) is 4.53. The first-order valence-electron chi connectivity index (χ1n) is 10.2. The summed E-state index contributed by atoms with van der Waals surface area (Å²) >= 11 is 0. The molecule has 0 bridgehead atoms. The molecule has 9 heteroatoms. The highest BCUT2D eigenvalue weighted by Crippen LogP contribution is 2.29. The normalized spacial score (nSPS) is 10.4. The summed E-state index contributed by atoms with van der Waals surface area (Å²) in [5.41, 5.74) is 0.935. The van der Waals surface area contributed by atoms with Crippen LogP contribution in [0.3, 0.4) is 0 Å². The zero-order valence-electron chi connectivity index (χ0n) is 18.8. The van der Waals surface area contributed by atoms with Gasteiger partial charge in [0.25, 0.3) is 0 Å². The van der Waals surface area contributed by atoms with Gasteiger partial charge in [-0.3, -0.25) is 14.9 Å². The van der Waals surface area contributed by atoms with E-state index in [1.807, 2.05) is 13.0 Å². The Morgan fingerprint density at radius 3 is 2.16 bits per heavy atom. The monoisotopic (exact) mass is 445 g/mol. The molecule has 0 aliphatic rings. The highest BCUT2D eigenvalue weighted by atomic mass is 16.5. The summed E-state index contributed by atoms with van der Waals surface area (Å²) in [7, 11) is 1.46. The van der Waals surface area contributed by atoms with Crippen LogP contribution in [0.15, 0.2) is 22.6 Å². The van der Waals surface area contributed by atoms with E-state index in [2.05, 4.69) is 5.32 Å². The van der Waals surface area contributed by atoms with Crippen LogP contribution in [-0.4, -0.2) is 44.0 Å². The Hall–Kier alpha value is -3.62. The van der Waals surface area contributed by atoms with E-state index in [-0.39, 0.29) is 54.6 Å². The summed E-state index contributed by atoms with van der Waals surface area (Å²) in [5.74, 6) is -2.14. The van der Waals surface area contributed by atoms with Gasteiger partial charge in [-0.15, -0.1) is 0 Å². The lowest BCUT2D eigenvalue weighted by molar-refractivity contribution is -0.116. The lowest BCUT2D eigenvalue weighted by Crippen LogP contribution is -2.18. The van der Waals surface area contributed by atoms with Crippen LogP contribution in [0.25, 0.3) is 0 Å². The van der Waals surface area contributed by atoms with E-state index in [1.54, 1.807) is 26.0 Å². The molecule has 0 spiro atoms. The molecule has 0 aliphatic carbocycles. The first-order valence-corrected chi connectivity index (χ1v) is 10.2. The number of rotatable bonds is 10. The predicted octanol–water partition coefficient (Wildman–Crippen LogP) is 3.86. The molecule has 0 unspecified atom stereocenters. The number of nitrogens with one attached hydrogen (secondary N) is 1. The van der Waals surface area contributed by atoms with Crippen LogP contribution >= 0.6 is 0 Å². The highest BCUT2D eigenvalue weighted by Gasteiger charge is 2.31. The van der Waals surface area contributed by atoms with Crippen LogP contribution < -0.4 is 10.1 Å². The number of ketones is 1. The summed E-state index contributed by atoms with van der Waals surface area (Å²) in [6.45, 7) is 6.71. The summed E-state index contributed by atoms with van der Waals surface area (Å²) in [6, 6.07) is 5.20. The number of hydrogen-bond donors (Lipinski definition) is 1. The number of furan rings is 1. The van der Waals surface area contributed by atoms with E-state index in [1.165, 1.54) is 14.0 Å². The largest absolute Gasteiger partial charge is 0.496 e. The molecule has 0 radical (unpaired) electrons. The van der Waals surface area contributed by atoms with E-state index >= 15 is 0 Å². The Labute approximate surface area is 186 Å². The van der Waals surface area contributed by atoms with Crippen molar-refractivity contribution >= 4 is 29.5 Å². The number of amides is 1. The minimum Gasteiger partial charge on any atom is -0.496 e. The first-order chi connectivity index (χ1) is 15.2. The average molecular weight is 445 g/mol. The number of methoxy groups -OCH3 is 1. The van der Waals surface area contributed by atoms with Crippen LogP contribution in [-0.2, 0) is 14.3 Å². The number of hydrogen-bond acceptors (Lipinski definition) is 8. The zero-order valence-corrected chi connectivity index (χ0v) is 18.8. The predicted molar refractivity (Wildman–Crippen MR) is 115 cm³/mol. The molecule has 0 saturated heterocycles. The quantitative estimate of drug-likeness (QED) is 0.432. The SMILES string of the molecule is CCOC(=O)c1c(C)oc(NC(=O)CCC(=O)c2cc(C)ccc2OC)c1C(=O)OCC. The van der Waals surface area contributed by atoms with Crippen LogP contribution in [0.1, 0.15) is 69.1 Å². The second-order valence-corrected chi connectivity index (χ2v) is 6.85. The van der Waals surface area contributed by atoms with Crippen molar-refractivity contribution < 1.29 is 37.8 Å². The van der Waals surface area contributed by atoms with Crippen molar-refractivity contribution in [2.45, 2.75) is 40.5 Å². The molecule has 1 N–H and O–H groups in total. The third kappa shape index (κ3) is 5.75. The van der Waals surface area contributed by atoms with Crippen molar-refractivity contribution in [1.29, 1.82) is 0 Å². The fourth-order valence-electron chi connectivity index (χ4n) is 3.07. The van der Waals surface area contributed by atoms with Crippen molar-refractivity contribution in [3.63, 3.8) is 0 Å². The number of esters is 2. The molecule has 2 aromatic rings. The molecule has 1 heterocycles. The van der Waals surface area contributed by atoms with E-state index in [9.17, 15) is 19.2 Å². The molecule has 1 aromatic heterocycles. The fraction of sp³-hybridized carbons (Fsp3) is 0.391. The molecular weight excluding hydrogens is 418 g/mol. The van der Waals surface area contributed by atoms with Gasteiger partial charge in [-0.25, -0.2) is 9.59 Å². The molecule has 9 nitrogen and oxygen atoms in total. The van der Waals surface area contributed by atoms with Crippen molar-refractivity contribution in [3.8, 4) is 5.75 Å². The number of benzene rings is 1. The second kappa shape index (κ2) is 11.1. The summed E-state index contributed by atoms with van der Waals surface area (Å²) < 4.78 is 20.7. The van der Waals surface area contributed by atoms with Gasteiger partial charge >= 0.3 is 11.9 Å². The molecule has 1 amide bonds. The van der Waals surface area contributed by atoms with Crippen LogP contribution in [0, 0.1) is 13.8 Å². The summed E-state index contributed by atoms with van der Waals surface area (Å²) in [6.07, 6.45) is -0.266. The zero-order chi connectivity index (χ0) is 23.8. The lowest BCUT2D eigenvalue weighted by Gasteiger charge is -2.09. The van der Waals surface area contributed by atoms with Gasteiger partial charge in [0.2, 0.25) is 11.8 Å². The molecule has 172 valence electrons. The fourth-order valence-corrected chi connectivity index (χ4v) is 3.07. The third-order valence-corrected chi connectivity index (χ3v) is 4.53. The summed E-state index contributed by atoms with van der Waals surface area (Å²) in [5, 5.41) is 2.46. The molecule has 1 aromatic carbocycles. The minimum absolute atomic E-state index is 0.0611. The Balaban J connectivity index is 2.20. The average Bonchev–Trinajstić information content (AvgIpc) is 3.07. The number of anilines is 1.